The van der Waals surface area contributed by atoms with Gasteiger partial charge in [-0.05, 0) is 45.2 Å². The molecule has 0 spiro atoms. The molecule has 0 aromatic heterocycles. The van der Waals surface area contributed by atoms with Gasteiger partial charge in [-0.15, -0.1) is 0 Å². The molecule has 3 nitrogen and oxygen atoms in total. The summed E-state index contributed by atoms with van der Waals surface area (Å²) in [7, 11) is 0. The number of hydrogen-bond donors (Lipinski definition) is 0. The Balaban J connectivity index is 1.76. The number of fused-ring (bicyclic) bond motifs is 2. The van der Waals surface area contributed by atoms with E-state index in [4.69, 9.17) is 9.47 Å². The molecular formula is C16H20O3. The number of ketones is 1. The van der Waals surface area contributed by atoms with Gasteiger partial charge in [0.05, 0.1) is 24.2 Å². The molecule has 3 atom stereocenters. The Morgan fingerprint density at radius 1 is 1.37 bits per heavy atom. The zero-order chi connectivity index (χ0) is 13.4. The molecular weight excluding hydrogens is 240 g/mol. The molecule has 102 valence electrons. The molecule has 2 heterocycles. The van der Waals surface area contributed by atoms with Gasteiger partial charge >= 0.3 is 0 Å². The molecule has 2 bridgehead atoms. The highest BCUT2D eigenvalue weighted by atomic mass is 16.5. The smallest absolute Gasteiger partial charge is 0.168 e. The lowest BCUT2D eigenvalue weighted by atomic mass is 9.84. The summed E-state index contributed by atoms with van der Waals surface area (Å²) in [6.45, 7) is 3.97. The number of carbonyl (C=O) groups excluding carboxylic acids is 1. The van der Waals surface area contributed by atoms with Crippen molar-refractivity contribution in [3.63, 3.8) is 0 Å². The largest absolute Gasteiger partial charge is 0.491 e. The molecule has 0 radical (unpaired) electrons. The first-order valence-corrected chi connectivity index (χ1v) is 7.10. The van der Waals surface area contributed by atoms with Crippen LogP contribution >= 0.6 is 0 Å². The van der Waals surface area contributed by atoms with Gasteiger partial charge in [0.1, 0.15) is 5.75 Å². The molecule has 3 rings (SSSR count). The molecule has 0 aliphatic carbocycles. The number of rotatable bonds is 4. The average molecular weight is 260 g/mol. The molecule has 2 aliphatic heterocycles. The average Bonchev–Trinajstić information content (AvgIpc) is 2.99. The summed E-state index contributed by atoms with van der Waals surface area (Å²) in [5, 5.41) is 0. The van der Waals surface area contributed by atoms with Crippen molar-refractivity contribution in [2.45, 2.75) is 51.4 Å². The maximum atomic E-state index is 12.5. The summed E-state index contributed by atoms with van der Waals surface area (Å²) in [6.07, 6.45) is 3.62. The Labute approximate surface area is 113 Å². The van der Waals surface area contributed by atoms with Crippen LogP contribution in [0.2, 0.25) is 0 Å². The van der Waals surface area contributed by atoms with Crippen LogP contribution in [0.4, 0.5) is 0 Å². The summed E-state index contributed by atoms with van der Waals surface area (Å²) >= 11 is 0. The minimum atomic E-state index is 0.0491. The van der Waals surface area contributed by atoms with Crippen LogP contribution in [-0.4, -0.2) is 24.1 Å². The number of ether oxygens (including phenoxy) is 2. The second kappa shape index (κ2) is 4.97. The number of hydrogen-bond acceptors (Lipinski definition) is 3. The monoisotopic (exact) mass is 260 g/mol. The molecule has 2 aliphatic rings. The fourth-order valence-electron chi connectivity index (χ4n) is 3.12. The van der Waals surface area contributed by atoms with Crippen molar-refractivity contribution in [3.8, 4) is 5.75 Å². The first kappa shape index (κ1) is 12.7. The van der Waals surface area contributed by atoms with Gasteiger partial charge in [0.25, 0.3) is 0 Å². The Bertz CT molecular complexity index is 481. The summed E-state index contributed by atoms with van der Waals surface area (Å²) in [6, 6.07) is 7.52. The maximum Gasteiger partial charge on any atom is 0.168 e. The fraction of sp³-hybridized carbons (Fsp3) is 0.562. The molecule has 19 heavy (non-hydrogen) atoms. The predicted octanol–water partition coefficient (Wildman–Crippen LogP) is 3.22. The normalized spacial score (nSPS) is 28.9. The van der Waals surface area contributed by atoms with Gasteiger partial charge in [-0.3, -0.25) is 4.79 Å². The van der Waals surface area contributed by atoms with Gasteiger partial charge in [0, 0.05) is 5.56 Å². The van der Waals surface area contributed by atoms with E-state index in [1.807, 2.05) is 38.1 Å². The number of benzene rings is 1. The Morgan fingerprint density at radius 2 is 2.21 bits per heavy atom. The molecule has 0 amide bonds. The highest BCUT2D eigenvalue weighted by molar-refractivity contribution is 5.98. The van der Waals surface area contributed by atoms with Crippen LogP contribution in [-0.2, 0) is 4.74 Å². The molecule has 0 saturated carbocycles. The SMILES string of the molecule is CC(C)Oc1cccc(C(=O)C2CC3CCC2O3)c1. The quantitative estimate of drug-likeness (QED) is 0.780. The van der Waals surface area contributed by atoms with Crippen molar-refractivity contribution in [2.75, 3.05) is 0 Å². The minimum Gasteiger partial charge on any atom is -0.491 e. The Morgan fingerprint density at radius 3 is 2.84 bits per heavy atom. The van der Waals surface area contributed by atoms with Crippen molar-refractivity contribution in [3.05, 3.63) is 29.8 Å². The summed E-state index contributed by atoms with van der Waals surface area (Å²) in [5.41, 5.74) is 0.749. The van der Waals surface area contributed by atoms with Gasteiger partial charge in [0.2, 0.25) is 0 Å². The van der Waals surface area contributed by atoms with Crippen LogP contribution in [0.5, 0.6) is 5.75 Å². The topological polar surface area (TPSA) is 35.5 Å². The third-order valence-electron chi connectivity index (χ3n) is 3.93. The van der Waals surface area contributed by atoms with E-state index in [0.29, 0.717) is 6.10 Å². The van der Waals surface area contributed by atoms with E-state index in [9.17, 15) is 4.79 Å². The second-order valence-corrected chi connectivity index (χ2v) is 5.77. The van der Waals surface area contributed by atoms with E-state index in [1.54, 1.807) is 0 Å². The lowest BCUT2D eigenvalue weighted by Gasteiger charge is -2.18. The van der Waals surface area contributed by atoms with Crippen LogP contribution in [0.25, 0.3) is 0 Å². The van der Waals surface area contributed by atoms with Crippen molar-refractivity contribution in [1.29, 1.82) is 0 Å². The van der Waals surface area contributed by atoms with Crippen molar-refractivity contribution < 1.29 is 14.3 Å². The zero-order valence-corrected chi connectivity index (χ0v) is 11.5. The van der Waals surface area contributed by atoms with E-state index < -0.39 is 0 Å². The second-order valence-electron chi connectivity index (χ2n) is 5.77. The van der Waals surface area contributed by atoms with Crippen LogP contribution in [0.3, 0.4) is 0 Å². The molecule has 2 saturated heterocycles. The summed E-state index contributed by atoms with van der Waals surface area (Å²) in [4.78, 5) is 12.5. The predicted molar refractivity (Wildman–Crippen MR) is 72.5 cm³/mol. The van der Waals surface area contributed by atoms with E-state index in [0.717, 1.165) is 30.6 Å². The molecule has 0 N–H and O–H groups in total. The van der Waals surface area contributed by atoms with E-state index in [-0.39, 0.29) is 23.9 Å². The lowest BCUT2D eigenvalue weighted by Crippen LogP contribution is -2.25. The van der Waals surface area contributed by atoms with Crippen LogP contribution in [0.1, 0.15) is 43.5 Å². The first-order valence-electron chi connectivity index (χ1n) is 7.10. The molecule has 3 heteroatoms. The number of carbonyl (C=O) groups is 1. The van der Waals surface area contributed by atoms with Gasteiger partial charge in [0.15, 0.2) is 5.78 Å². The van der Waals surface area contributed by atoms with Gasteiger partial charge in [-0.2, -0.15) is 0 Å². The minimum absolute atomic E-state index is 0.0491. The number of Topliss-reactive ketones (excluding diaryl/α,β-unsaturated/α-hetero) is 1. The van der Waals surface area contributed by atoms with Crippen LogP contribution in [0, 0.1) is 5.92 Å². The van der Waals surface area contributed by atoms with E-state index in [1.165, 1.54) is 0 Å². The van der Waals surface area contributed by atoms with Crippen LogP contribution in [0.15, 0.2) is 24.3 Å². The van der Waals surface area contributed by atoms with Crippen molar-refractivity contribution in [1.82, 2.24) is 0 Å². The Kier molecular flexibility index (Phi) is 3.31. The van der Waals surface area contributed by atoms with E-state index in [2.05, 4.69) is 0 Å². The third-order valence-corrected chi connectivity index (χ3v) is 3.93. The van der Waals surface area contributed by atoms with E-state index >= 15 is 0 Å². The van der Waals surface area contributed by atoms with Crippen molar-refractivity contribution in [2.24, 2.45) is 5.92 Å². The van der Waals surface area contributed by atoms with Gasteiger partial charge in [-0.1, -0.05) is 12.1 Å². The maximum absolute atomic E-state index is 12.5. The molecule has 3 unspecified atom stereocenters. The first-order chi connectivity index (χ1) is 9.13. The lowest BCUT2D eigenvalue weighted by molar-refractivity contribution is 0.0743. The highest BCUT2D eigenvalue weighted by Crippen LogP contribution is 2.40. The third kappa shape index (κ3) is 2.52. The standard InChI is InChI=1S/C16H20O3/c1-10(2)18-12-5-3-4-11(8-12)16(17)14-9-13-6-7-15(14)19-13/h3-5,8,10,13-15H,6-7,9H2,1-2H3. The molecule has 1 aromatic rings. The molecule has 2 fully saturated rings. The summed E-state index contributed by atoms with van der Waals surface area (Å²) in [5.74, 6) is 1.03. The van der Waals surface area contributed by atoms with Gasteiger partial charge < -0.3 is 9.47 Å². The zero-order valence-electron chi connectivity index (χ0n) is 11.5. The van der Waals surface area contributed by atoms with Gasteiger partial charge in [-0.25, -0.2) is 0 Å². The van der Waals surface area contributed by atoms with Crippen LogP contribution < -0.4 is 4.74 Å². The molecule has 1 aromatic carbocycles. The fourth-order valence-corrected chi connectivity index (χ4v) is 3.12. The van der Waals surface area contributed by atoms with Crippen molar-refractivity contribution >= 4 is 5.78 Å². The Hall–Kier alpha value is -1.35. The highest BCUT2D eigenvalue weighted by Gasteiger charge is 2.44. The summed E-state index contributed by atoms with van der Waals surface area (Å²) < 4.78 is 11.4.